The summed E-state index contributed by atoms with van der Waals surface area (Å²) in [6.07, 6.45) is 1.21. The Morgan fingerprint density at radius 3 is 2.62 bits per heavy atom. The van der Waals surface area contributed by atoms with Gasteiger partial charge >= 0.3 is 0 Å². The molecule has 0 unspecified atom stereocenters. The second kappa shape index (κ2) is 4.46. The van der Waals surface area contributed by atoms with Crippen LogP contribution >= 0.6 is 0 Å². The Kier molecular flexibility index (Phi) is 3.20. The van der Waals surface area contributed by atoms with E-state index in [-0.39, 0.29) is 0 Å². The molecule has 1 aromatic carbocycles. The van der Waals surface area contributed by atoms with Crippen LogP contribution in [0.5, 0.6) is 5.75 Å². The van der Waals surface area contributed by atoms with E-state index in [9.17, 15) is 0 Å². The zero-order valence-corrected chi connectivity index (χ0v) is 10.6. The van der Waals surface area contributed by atoms with Gasteiger partial charge in [0, 0.05) is 11.6 Å². The maximum absolute atomic E-state index is 5.54. The van der Waals surface area contributed by atoms with Gasteiger partial charge in [-0.25, -0.2) is 0 Å². The van der Waals surface area contributed by atoms with Crippen molar-refractivity contribution in [3.8, 4) is 5.75 Å². The summed E-state index contributed by atoms with van der Waals surface area (Å²) in [5, 5.41) is 3.57. The molecule has 0 bridgehead atoms. The monoisotopic (exact) mass is 219 g/mol. The Morgan fingerprint density at radius 1 is 1.31 bits per heavy atom. The number of rotatable bonds is 2. The first-order chi connectivity index (χ1) is 7.61. The van der Waals surface area contributed by atoms with Crippen LogP contribution in [0.2, 0.25) is 0 Å². The van der Waals surface area contributed by atoms with E-state index in [2.05, 4.69) is 38.2 Å². The van der Waals surface area contributed by atoms with Crippen LogP contribution in [0.15, 0.2) is 12.1 Å². The number of benzene rings is 1. The Labute approximate surface area is 98.0 Å². The van der Waals surface area contributed by atoms with Crippen molar-refractivity contribution in [2.75, 3.05) is 13.7 Å². The Hall–Kier alpha value is -1.02. The lowest BCUT2D eigenvalue weighted by Crippen LogP contribution is -2.14. The van der Waals surface area contributed by atoms with Crippen LogP contribution in [0.4, 0.5) is 0 Å². The smallest absolute Gasteiger partial charge is 0.126 e. The lowest BCUT2D eigenvalue weighted by molar-refractivity contribution is 0.399. The second-order valence-electron chi connectivity index (χ2n) is 5.01. The Morgan fingerprint density at radius 2 is 2.06 bits per heavy atom. The molecule has 1 saturated heterocycles. The molecule has 1 aliphatic heterocycles. The molecule has 16 heavy (non-hydrogen) atoms. The largest absolute Gasteiger partial charge is 0.496 e. The molecule has 1 heterocycles. The zero-order chi connectivity index (χ0) is 11.7. The van der Waals surface area contributed by atoms with Crippen LogP contribution in [0.25, 0.3) is 0 Å². The van der Waals surface area contributed by atoms with Crippen molar-refractivity contribution in [3.05, 3.63) is 28.8 Å². The topological polar surface area (TPSA) is 21.3 Å². The third-order valence-electron chi connectivity index (χ3n) is 3.38. The highest BCUT2D eigenvalue weighted by molar-refractivity contribution is 5.45. The van der Waals surface area contributed by atoms with Crippen molar-refractivity contribution in [2.24, 2.45) is 5.92 Å². The lowest BCUT2D eigenvalue weighted by atomic mass is 9.96. The predicted octanol–water partition coefficient (Wildman–Crippen LogP) is 2.98. The quantitative estimate of drug-likeness (QED) is 0.825. The minimum Gasteiger partial charge on any atom is -0.496 e. The van der Waals surface area contributed by atoms with Crippen LogP contribution < -0.4 is 10.1 Å². The van der Waals surface area contributed by atoms with E-state index in [0.717, 1.165) is 18.2 Å². The molecule has 0 saturated carbocycles. The third kappa shape index (κ3) is 2.07. The van der Waals surface area contributed by atoms with Crippen molar-refractivity contribution in [1.29, 1.82) is 0 Å². The van der Waals surface area contributed by atoms with Crippen molar-refractivity contribution in [3.63, 3.8) is 0 Å². The fraction of sp³-hybridized carbons (Fsp3) is 0.571. The van der Waals surface area contributed by atoms with E-state index in [4.69, 9.17) is 4.74 Å². The number of aryl methyl sites for hydroxylation is 2. The highest BCUT2D eigenvalue weighted by Gasteiger charge is 2.25. The molecule has 2 nitrogen and oxygen atoms in total. The van der Waals surface area contributed by atoms with Gasteiger partial charge in [-0.3, -0.25) is 0 Å². The molecular weight excluding hydrogens is 198 g/mol. The van der Waals surface area contributed by atoms with E-state index in [1.165, 1.54) is 23.1 Å². The second-order valence-corrected chi connectivity index (χ2v) is 5.01. The average Bonchev–Trinajstić information content (AvgIpc) is 2.63. The van der Waals surface area contributed by atoms with E-state index in [1.807, 2.05) is 0 Å². The number of methoxy groups -OCH3 is 1. The Bertz CT molecular complexity index is 387. The fourth-order valence-corrected chi connectivity index (χ4v) is 2.67. The van der Waals surface area contributed by atoms with Gasteiger partial charge < -0.3 is 10.1 Å². The van der Waals surface area contributed by atoms with Gasteiger partial charge in [0.05, 0.1) is 7.11 Å². The normalized spacial score (nSPS) is 24.8. The van der Waals surface area contributed by atoms with Gasteiger partial charge in [-0.2, -0.15) is 0 Å². The summed E-state index contributed by atoms with van der Waals surface area (Å²) in [5.41, 5.74) is 3.87. The minimum atomic E-state index is 0.462. The van der Waals surface area contributed by atoms with Crippen LogP contribution in [0.1, 0.15) is 36.1 Å². The number of ether oxygens (including phenoxy) is 1. The SMILES string of the molecule is COc1c(C)cc(C)cc1[C@H]1C[C@@H](C)CN1. The standard InChI is InChI=1S/C14H21NO/c1-9-5-11(3)14(16-4)12(6-9)13-7-10(2)8-15-13/h5-6,10,13,15H,7-8H2,1-4H3/t10-,13-/m1/s1. The minimum absolute atomic E-state index is 0.462. The fourth-order valence-electron chi connectivity index (χ4n) is 2.67. The summed E-state index contributed by atoms with van der Waals surface area (Å²) in [7, 11) is 1.76. The molecule has 2 heteroatoms. The van der Waals surface area contributed by atoms with Gasteiger partial charge in [-0.15, -0.1) is 0 Å². The van der Waals surface area contributed by atoms with E-state index >= 15 is 0 Å². The summed E-state index contributed by atoms with van der Waals surface area (Å²) in [4.78, 5) is 0. The molecule has 1 aliphatic rings. The zero-order valence-electron chi connectivity index (χ0n) is 10.6. The Balaban J connectivity index is 2.38. The number of hydrogen-bond acceptors (Lipinski definition) is 2. The maximum Gasteiger partial charge on any atom is 0.126 e. The van der Waals surface area contributed by atoms with Gasteiger partial charge in [0.2, 0.25) is 0 Å². The van der Waals surface area contributed by atoms with Gasteiger partial charge in [0.1, 0.15) is 5.75 Å². The number of nitrogens with one attached hydrogen (secondary N) is 1. The summed E-state index contributed by atoms with van der Waals surface area (Å²) in [6, 6.07) is 4.89. The molecule has 1 N–H and O–H groups in total. The highest BCUT2D eigenvalue weighted by atomic mass is 16.5. The molecule has 0 aliphatic carbocycles. The van der Waals surface area contributed by atoms with Crippen molar-refractivity contribution < 1.29 is 4.74 Å². The van der Waals surface area contributed by atoms with E-state index < -0.39 is 0 Å². The summed E-state index contributed by atoms with van der Waals surface area (Å²) < 4.78 is 5.54. The van der Waals surface area contributed by atoms with Gasteiger partial charge in [0.25, 0.3) is 0 Å². The van der Waals surface area contributed by atoms with Crippen molar-refractivity contribution in [2.45, 2.75) is 33.2 Å². The highest BCUT2D eigenvalue weighted by Crippen LogP contribution is 2.35. The van der Waals surface area contributed by atoms with Gasteiger partial charge in [-0.05, 0) is 38.3 Å². The summed E-state index contributed by atoms with van der Waals surface area (Å²) in [5.74, 6) is 1.81. The number of hydrogen-bond donors (Lipinski definition) is 1. The van der Waals surface area contributed by atoms with Crippen molar-refractivity contribution >= 4 is 0 Å². The van der Waals surface area contributed by atoms with Crippen LogP contribution in [-0.2, 0) is 0 Å². The van der Waals surface area contributed by atoms with Crippen molar-refractivity contribution in [1.82, 2.24) is 5.32 Å². The molecule has 0 aromatic heterocycles. The first-order valence-electron chi connectivity index (χ1n) is 6.00. The predicted molar refractivity (Wildman–Crippen MR) is 67.0 cm³/mol. The van der Waals surface area contributed by atoms with Crippen LogP contribution in [0.3, 0.4) is 0 Å². The summed E-state index contributed by atoms with van der Waals surface area (Å²) in [6.45, 7) is 7.67. The van der Waals surface area contributed by atoms with E-state index in [1.54, 1.807) is 7.11 Å². The molecule has 1 fully saturated rings. The molecule has 2 rings (SSSR count). The average molecular weight is 219 g/mol. The van der Waals surface area contributed by atoms with Gasteiger partial charge in [0.15, 0.2) is 0 Å². The van der Waals surface area contributed by atoms with Crippen LogP contribution in [0, 0.1) is 19.8 Å². The molecule has 2 atom stereocenters. The first-order valence-corrected chi connectivity index (χ1v) is 6.00. The molecule has 0 spiro atoms. The van der Waals surface area contributed by atoms with Crippen LogP contribution in [-0.4, -0.2) is 13.7 Å². The third-order valence-corrected chi connectivity index (χ3v) is 3.38. The molecular formula is C14H21NO. The lowest BCUT2D eigenvalue weighted by Gasteiger charge is -2.18. The van der Waals surface area contributed by atoms with E-state index in [0.29, 0.717) is 6.04 Å². The molecule has 1 aromatic rings. The molecule has 88 valence electrons. The first kappa shape index (κ1) is 11.5. The van der Waals surface area contributed by atoms with Gasteiger partial charge in [-0.1, -0.05) is 24.6 Å². The molecule has 0 radical (unpaired) electrons. The summed E-state index contributed by atoms with van der Waals surface area (Å²) >= 11 is 0. The molecule has 0 amide bonds. The maximum atomic E-state index is 5.54.